The van der Waals surface area contributed by atoms with Gasteiger partial charge in [0.1, 0.15) is 17.3 Å². The molecule has 2 atom stereocenters. The van der Waals surface area contributed by atoms with E-state index >= 15 is 0 Å². The molecule has 1 saturated heterocycles. The lowest BCUT2D eigenvalue weighted by molar-refractivity contribution is -0.133. The molecule has 33 heavy (non-hydrogen) atoms. The molecule has 0 unspecified atom stereocenters. The van der Waals surface area contributed by atoms with Crippen molar-refractivity contribution in [3.8, 4) is 11.5 Å². The lowest BCUT2D eigenvalue weighted by Gasteiger charge is -2.33. The van der Waals surface area contributed by atoms with Gasteiger partial charge >= 0.3 is 6.03 Å². The molecule has 3 amide bonds. The number of benzene rings is 2. The molecule has 3 aromatic rings. The van der Waals surface area contributed by atoms with Gasteiger partial charge in [0.05, 0.1) is 19.8 Å². The van der Waals surface area contributed by atoms with E-state index in [2.05, 4.69) is 5.32 Å². The zero-order chi connectivity index (χ0) is 22.6. The molecule has 0 radical (unpaired) electrons. The van der Waals surface area contributed by atoms with Crippen LogP contribution in [-0.2, 0) is 28.2 Å². The number of urea groups is 1. The summed E-state index contributed by atoms with van der Waals surface area (Å²) in [7, 11) is 0. The number of carbonyl (C=O) groups excluding carboxylic acids is 2. The van der Waals surface area contributed by atoms with Crippen LogP contribution in [0.4, 0.5) is 9.18 Å². The third-order valence-corrected chi connectivity index (χ3v) is 6.93. The highest BCUT2D eigenvalue weighted by atomic mass is 32.1. The second-order valence-electron chi connectivity index (χ2n) is 8.19. The van der Waals surface area contributed by atoms with Crippen molar-refractivity contribution < 1.29 is 28.2 Å². The summed E-state index contributed by atoms with van der Waals surface area (Å²) in [5.74, 6) is 0.139. The molecular formula is C24H19FN2O5S. The molecule has 4 heterocycles. The zero-order valence-corrected chi connectivity index (χ0v) is 18.2. The standard InChI is InChI=1S/C24H19FN2O5S/c25-17-9-15(20-16(10-17)12-31-21(32-20)14-5-8-33-13-14)11-27-22(28)24(26-23(27)29)6-7-30-19-4-2-1-3-18(19)24/h1-5,8-10,13,21H,6-7,11-12H2,(H,26,29)/t21-,24+/m1/s1. The topological polar surface area (TPSA) is 77.1 Å². The summed E-state index contributed by atoms with van der Waals surface area (Å²) < 4.78 is 31.9. The van der Waals surface area contributed by atoms with E-state index in [1.807, 2.05) is 22.9 Å². The van der Waals surface area contributed by atoms with Gasteiger partial charge < -0.3 is 19.5 Å². The number of nitrogens with zero attached hydrogens (tertiary/aromatic N) is 1. The van der Waals surface area contributed by atoms with E-state index in [0.29, 0.717) is 41.2 Å². The number of hydrogen-bond donors (Lipinski definition) is 1. The first-order valence-corrected chi connectivity index (χ1v) is 11.5. The van der Waals surface area contributed by atoms with Crippen LogP contribution in [0.3, 0.4) is 0 Å². The van der Waals surface area contributed by atoms with E-state index in [4.69, 9.17) is 14.2 Å². The van der Waals surface area contributed by atoms with Gasteiger partial charge in [0.25, 0.3) is 5.91 Å². The third-order valence-electron chi connectivity index (χ3n) is 6.22. The van der Waals surface area contributed by atoms with E-state index in [1.165, 1.54) is 23.5 Å². The first kappa shape index (κ1) is 20.2. The average molecular weight is 466 g/mol. The van der Waals surface area contributed by atoms with Crippen LogP contribution in [0.5, 0.6) is 11.5 Å². The Morgan fingerprint density at radius 3 is 2.94 bits per heavy atom. The number of rotatable bonds is 3. The molecule has 9 heteroatoms. The van der Waals surface area contributed by atoms with Crippen LogP contribution in [0, 0.1) is 5.82 Å². The van der Waals surface area contributed by atoms with Crippen LogP contribution in [0.2, 0.25) is 0 Å². The number of carbonyl (C=O) groups is 2. The van der Waals surface area contributed by atoms with Gasteiger partial charge in [-0.15, -0.1) is 0 Å². The van der Waals surface area contributed by atoms with Crippen LogP contribution >= 0.6 is 11.3 Å². The highest BCUT2D eigenvalue weighted by molar-refractivity contribution is 7.07. The minimum absolute atomic E-state index is 0.119. The first-order valence-electron chi connectivity index (χ1n) is 10.5. The molecule has 7 nitrogen and oxygen atoms in total. The second kappa shape index (κ2) is 7.57. The predicted octanol–water partition coefficient (Wildman–Crippen LogP) is 4.22. The molecule has 3 aliphatic heterocycles. The average Bonchev–Trinajstić information content (AvgIpc) is 3.43. The smallest absolute Gasteiger partial charge is 0.325 e. The van der Waals surface area contributed by atoms with Crippen molar-refractivity contribution in [3.05, 3.63) is 81.3 Å². The van der Waals surface area contributed by atoms with Gasteiger partial charge in [-0.1, -0.05) is 18.2 Å². The number of nitrogens with one attached hydrogen (secondary N) is 1. The summed E-state index contributed by atoms with van der Waals surface area (Å²) >= 11 is 1.52. The Bertz CT molecular complexity index is 1260. The lowest BCUT2D eigenvalue weighted by Crippen LogP contribution is -2.47. The summed E-state index contributed by atoms with van der Waals surface area (Å²) in [5, 5.41) is 6.71. The SMILES string of the molecule is O=C1N[C@]2(CCOc3ccccc32)C(=O)N1Cc1cc(F)cc2c1O[C@H](c1ccsc1)OC2. The fourth-order valence-electron chi connectivity index (χ4n) is 4.65. The van der Waals surface area contributed by atoms with Gasteiger partial charge in [-0.3, -0.25) is 9.69 Å². The molecule has 0 saturated carbocycles. The number of fused-ring (bicyclic) bond motifs is 3. The van der Waals surface area contributed by atoms with Crippen LogP contribution < -0.4 is 14.8 Å². The maximum atomic E-state index is 14.4. The Balaban J connectivity index is 1.34. The summed E-state index contributed by atoms with van der Waals surface area (Å²) in [6, 6.07) is 11.2. The largest absolute Gasteiger partial charge is 0.493 e. The second-order valence-corrected chi connectivity index (χ2v) is 8.97. The van der Waals surface area contributed by atoms with Gasteiger partial charge in [-0.2, -0.15) is 11.3 Å². The normalized spacial score (nSPS) is 23.5. The molecular weight excluding hydrogens is 447 g/mol. The minimum Gasteiger partial charge on any atom is -0.493 e. The molecule has 6 rings (SSSR count). The number of para-hydroxylation sites is 1. The van der Waals surface area contributed by atoms with E-state index in [-0.39, 0.29) is 19.1 Å². The monoisotopic (exact) mass is 466 g/mol. The quantitative estimate of drug-likeness (QED) is 0.585. The summed E-state index contributed by atoms with van der Waals surface area (Å²) in [6.07, 6.45) is -0.318. The Kier molecular flexibility index (Phi) is 4.63. The Hall–Kier alpha value is -3.43. The Labute approximate surface area is 192 Å². The summed E-state index contributed by atoms with van der Waals surface area (Å²) in [6.45, 7) is 0.344. The third kappa shape index (κ3) is 3.19. The molecule has 168 valence electrons. The molecule has 1 aromatic heterocycles. The Morgan fingerprint density at radius 1 is 1.21 bits per heavy atom. The predicted molar refractivity (Wildman–Crippen MR) is 116 cm³/mol. The van der Waals surface area contributed by atoms with E-state index < -0.39 is 23.7 Å². The number of halogens is 1. The van der Waals surface area contributed by atoms with Crippen LogP contribution in [0.1, 0.15) is 35.0 Å². The van der Waals surface area contributed by atoms with Gasteiger partial charge in [-0.25, -0.2) is 9.18 Å². The number of hydrogen-bond acceptors (Lipinski definition) is 6. The van der Waals surface area contributed by atoms with Crippen LogP contribution in [-0.4, -0.2) is 23.4 Å². The fraction of sp³-hybridized carbons (Fsp3) is 0.250. The highest BCUT2D eigenvalue weighted by Gasteiger charge is 2.55. The van der Waals surface area contributed by atoms with Crippen molar-refractivity contribution in [1.82, 2.24) is 10.2 Å². The van der Waals surface area contributed by atoms with Crippen LogP contribution in [0.25, 0.3) is 0 Å². The number of amides is 3. The number of ether oxygens (including phenoxy) is 3. The maximum absolute atomic E-state index is 14.4. The van der Waals surface area contributed by atoms with E-state index in [0.717, 1.165) is 10.5 Å². The molecule has 3 aliphatic rings. The molecule has 0 bridgehead atoms. The Morgan fingerprint density at radius 2 is 2.09 bits per heavy atom. The van der Waals surface area contributed by atoms with Gasteiger partial charge in [-0.05, 0) is 29.6 Å². The first-order chi connectivity index (χ1) is 16.0. The van der Waals surface area contributed by atoms with Crippen molar-refractivity contribution in [3.63, 3.8) is 0 Å². The maximum Gasteiger partial charge on any atom is 0.325 e. The molecule has 2 aromatic carbocycles. The zero-order valence-electron chi connectivity index (χ0n) is 17.4. The minimum atomic E-state index is -1.19. The van der Waals surface area contributed by atoms with Gasteiger partial charge in [0.15, 0.2) is 5.54 Å². The van der Waals surface area contributed by atoms with Crippen molar-refractivity contribution in [2.45, 2.75) is 31.4 Å². The molecule has 1 fully saturated rings. The summed E-state index contributed by atoms with van der Waals surface area (Å²) in [5.41, 5.74) is 1.24. The van der Waals surface area contributed by atoms with Crippen molar-refractivity contribution in [2.24, 2.45) is 0 Å². The molecule has 1 spiro atoms. The van der Waals surface area contributed by atoms with Gasteiger partial charge in [0, 0.05) is 34.1 Å². The lowest BCUT2D eigenvalue weighted by atomic mass is 9.84. The summed E-state index contributed by atoms with van der Waals surface area (Å²) in [4.78, 5) is 27.7. The van der Waals surface area contributed by atoms with Crippen molar-refractivity contribution in [2.75, 3.05) is 6.61 Å². The molecule has 0 aliphatic carbocycles. The van der Waals surface area contributed by atoms with Crippen LogP contribution in [0.15, 0.2) is 53.2 Å². The van der Waals surface area contributed by atoms with Crippen molar-refractivity contribution in [1.29, 1.82) is 0 Å². The number of thiophene rings is 1. The van der Waals surface area contributed by atoms with E-state index in [1.54, 1.807) is 18.2 Å². The fourth-order valence-corrected chi connectivity index (χ4v) is 5.31. The van der Waals surface area contributed by atoms with E-state index in [9.17, 15) is 14.0 Å². The highest BCUT2D eigenvalue weighted by Crippen LogP contribution is 2.43. The molecule has 1 N–H and O–H groups in total. The number of imide groups is 1. The van der Waals surface area contributed by atoms with Gasteiger partial charge in [0.2, 0.25) is 6.29 Å². The van der Waals surface area contributed by atoms with Crippen molar-refractivity contribution >= 4 is 23.3 Å².